The summed E-state index contributed by atoms with van der Waals surface area (Å²) in [7, 11) is 12.2. The number of terminal acetylenes is 4. The van der Waals surface area contributed by atoms with Crippen LogP contribution in [0.4, 0.5) is 0 Å². The first-order chi connectivity index (χ1) is 64.9. The van der Waals surface area contributed by atoms with Gasteiger partial charge in [-0.05, 0) is 175 Å². The molecule has 0 aromatic heterocycles. The van der Waals surface area contributed by atoms with Crippen LogP contribution < -0.4 is 0 Å². The second kappa shape index (κ2) is 94.8. The van der Waals surface area contributed by atoms with E-state index in [2.05, 4.69) is 186 Å². The van der Waals surface area contributed by atoms with Crippen LogP contribution in [0.25, 0.3) is 0 Å². The van der Waals surface area contributed by atoms with E-state index in [0.717, 1.165) is 243 Å². The van der Waals surface area contributed by atoms with Gasteiger partial charge in [-0.3, -0.25) is 0 Å². The standard InChI is InChI=1S/C15H30NO2.C14H26NO2.C14H28NO2.C14H26NO2.C13H24NO2.C12H22NO2.C11H20NO2.C9H16NO2.C8H14NO2/c1-5-9-12-16(8-4,11-7-3)13-14-18-15(17)10-6-2;1-5-9-11-15(8-4,10-6-2)12-13-17-14(16)7-3;2*1-5-9-14(16)17-13-12-15(8-4,10-6-2)11-7-3;1-5-9-14(8-4,10-6-2)11-12-16-13(15)7-3;1-5-9-12(14)15-11-10-13(6-2,7-3)8-4;1-5-11(13)14-10-9-12(6-2,7-3)8-4;1-5-6-9(11)12-8-7-10(2,3)4;1-5-8(10)11-7-6-9(2,3)4/h6,10H,5,7-9,11-14H2,1-4H3;3H,5-6,8-13H2,1-2,4H3;5,9H,6-8,10-13H2,1-4H3;6-8,10-13H2,1-4H3;3H,5-6,8-12H2,1-2,4H3;6-8,10-11H2,1-4H3;1H,6-10H2,2-4H3;7-8H2,1-4H3;1H,6-7H2,2-4H3/q9*+1/b10-6+;;9-5+;;;;;;. The van der Waals surface area contributed by atoms with E-state index in [0.29, 0.717) is 59.5 Å². The monoisotopic (exact) mass is 1940 g/mol. The van der Waals surface area contributed by atoms with Gasteiger partial charge in [0.25, 0.3) is 0 Å². The van der Waals surface area contributed by atoms with Gasteiger partial charge in [0, 0.05) is 53.6 Å². The SMILES string of the molecule is C#CC(=O)OCC[N+](C)(C)C.C#CC(=O)OCC[N+](CC)(CC)CC.C#CC(=O)OCC[N+](CC)(CCC)CCC.C#CC(=O)OCC[N+](CC)(CCC)CCCC.C/C=C/C(=O)OCC[N+](CC)(CCC)CCC.C/C=C/C(=O)OCC[N+](CC)(CCC)CCCC.CC#CC(=O)OCC[N+](C)(C)C.CC#CC(=O)OCC[N+](CC)(CC)CC.CC#CC(=O)OCC[N+](CC)(CCC)CCC. The van der Waals surface area contributed by atoms with E-state index in [-0.39, 0.29) is 11.9 Å². The van der Waals surface area contributed by atoms with E-state index >= 15 is 0 Å². The van der Waals surface area contributed by atoms with Crippen LogP contribution >= 0.6 is 0 Å². The zero-order chi connectivity index (χ0) is 107. The highest BCUT2D eigenvalue weighted by atomic mass is 16.6. The van der Waals surface area contributed by atoms with Gasteiger partial charge in [-0.25, -0.2) is 43.2 Å². The third-order valence-electron chi connectivity index (χ3n) is 24.3. The molecule has 0 N–H and O–H groups in total. The van der Waals surface area contributed by atoms with Crippen molar-refractivity contribution in [3.05, 3.63) is 24.3 Å². The van der Waals surface area contributed by atoms with Gasteiger partial charge in [0.2, 0.25) is 0 Å². The molecule has 790 valence electrons. The largest absolute Gasteiger partial charge is 0.457 e. The van der Waals surface area contributed by atoms with E-state index in [4.69, 9.17) is 63.6 Å². The lowest BCUT2D eigenvalue weighted by Crippen LogP contribution is -2.51. The van der Waals surface area contributed by atoms with Crippen molar-refractivity contribution in [2.75, 3.05) is 298 Å². The number of carbonyl (C=O) groups excluding carboxylic acids is 9. The molecule has 0 aromatic carbocycles. The molecule has 0 fully saturated rings. The lowest BCUT2D eigenvalue weighted by molar-refractivity contribution is -0.927. The Kier molecular flexibility index (Phi) is 101. The van der Waals surface area contributed by atoms with Crippen LogP contribution in [0.5, 0.6) is 0 Å². The van der Waals surface area contributed by atoms with Gasteiger partial charge in [-0.1, -0.05) is 112 Å². The third kappa shape index (κ3) is 86.1. The Morgan fingerprint density at radius 2 is 0.380 bits per heavy atom. The summed E-state index contributed by atoms with van der Waals surface area (Å²) >= 11 is 0. The Morgan fingerprint density at radius 1 is 0.219 bits per heavy atom. The second-order valence-corrected chi connectivity index (χ2v) is 35.9. The van der Waals surface area contributed by atoms with Crippen LogP contribution in [0.15, 0.2) is 24.3 Å². The minimum absolute atomic E-state index is 0.223. The number of ether oxygens (including phenoxy) is 9. The van der Waals surface area contributed by atoms with Gasteiger partial charge in [0.05, 0.1) is 180 Å². The highest BCUT2D eigenvalue weighted by Crippen LogP contribution is 2.16. The second-order valence-electron chi connectivity index (χ2n) is 35.9. The third-order valence-corrected chi connectivity index (χ3v) is 24.3. The molecule has 0 radical (unpaired) electrons. The van der Waals surface area contributed by atoms with E-state index in [9.17, 15) is 43.2 Å². The quantitative estimate of drug-likeness (QED) is 0.0137. The first-order valence-electron chi connectivity index (χ1n) is 51.3. The Morgan fingerprint density at radius 3 is 0.526 bits per heavy atom. The molecule has 0 aliphatic rings. The summed E-state index contributed by atoms with van der Waals surface area (Å²) in [6.07, 6.45) is 40.2. The van der Waals surface area contributed by atoms with Crippen LogP contribution in [-0.2, 0) is 85.8 Å². The molecule has 0 amide bonds. The van der Waals surface area contributed by atoms with Crippen molar-refractivity contribution in [1.82, 2.24) is 0 Å². The lowest BCUT2D eigenvalue weighted by Gasteiger charge is -2.37. The molecule has 2 unspecified atom stereocenters. The highest BCUT2D eigenvalue weighted by molar-refractivity contribution is 5.90. The van der Waals surface area contributed by atoms with Crippen LogP contribution in [0.1, 0.15) is 257 Å². The van der Waals surface area contributed by atoms with Crippen LogP contribution in [0.2, 0.25) is 0 Å². The van der Waals surface area contributed by atoms with Crippen molar-refractivity contribution < 1.29 is 126 Å². The predicted octanol–water partition coefficient (Wildman–Crippen LogP) is 14.8. The number of unbranched alkanes of at least 4 members (excludes halogenated alkanes) is 2. The van der Waals surface area contributed by atoms with Gasteiger partial charge in [-0.15, -0.1) is 25.7 Å². The Labute approximate surface area is 839 Å². The van der Waals surface area contributed by atoms with Crippen LogP contribution in [-0.4, -0.2) is 392 Å². The number of carbonyl (C=O) groups is 9. The fraction of sp³-hybridized carbons (Fsp3) is 0.755. The molecule has 27 heteroatoms. The summed E-state index contributed by atoms with van der Waals surface area (Å²) in [5, 5.41) is 0. The number of quaternary nitrogens is 9. The summed E-state index contributed by atoms with van der Waals surface area (Å²) in [6, 6.07) is 0. The molecular formula is C110H206N9O18+9. The first-order valence-corrected chi connectivity index (χ1v) is 51.3. The molecule has 137 heavy (non-hydrogen) atoms. The predicted molar refractivity (Wildman–Crippen MR) is 562 cm³/mol. The number of likely N-dealkylation sites (N-methyl/N-ethyl adjacent to an activating group) is 9. The minimum atomic E-state index is -0.585. The Hall–Kier alpha value is -8.73. The molecule has 2 atom stereocenters. The van der Waals surface area contributed by atoms with Crippen molar-refractivity contribution in [3.8, 4) is 84.9 Å². The molecule has 27 nitrogen and oxygen atoms in total. The van der Waals surface area contributed by atoms with Gasteiger partial charge >= 0.3 is 53.7 Å². The van der Waals surface area contributed by atoms with Crippen LogP contribution in [0, 0.1) is 84.9 Å². The molecular weight excluding hydrogens is 1740 g/mol. The zero-order valence-electron chi connectivity index (χ0n) is 93.6. The average Bonchev–Trinajstić information content (AvgIpc) is 0.761. The van der Waals surface area contributed by atoms with E-state index < -0.39 is 41.8 Å². The highest BCUT2D eigenvalue weighted by Gasteiger charge is 2.30. The lowest BCUT2D eigenvalue weighted by atomic mass is 10.2. The number of hydrogen-bond donors (Lipinski definition) is 0. The number of allylic oxidation sites excluding steroid dienone is 2. The fourth-order valence-corrected chi connectivity index (χ4v) is 15.2. The van der Waals surface area contributed by atoms with Crippen molar-refractivity contribution in [3.63, 3.8) is 0 Å². The van der Waals surface area contributed by atoms with Gasteiger partial charge in [-0.2, -0.15) is 0 Å². The van der Waals surface area contributed by atoms with Gasteiger partial charge in [0.1, 0.15) is 118 Å². The minimum Gasteiger partial charge on any atom is -0.457 e. The molecule has 0 aliphatic heterocycles. The maximum absolute atomic E-state index is 11.3. The summed E-state index contributed by atoms with van der Waals surface area (Å²) in [4.78, 5) is 98.2. The fourth-order valence-electron chi connectivity index (χ4n) is 15.2. The molecule has 0 saturated carbocycles. The van der Waals surface area contributed by atoms with Crippen molar-refractivity contribution in [2.24, 2.45) is 0 Å². The number of rotatable bonds is 62. The summed E-state index contributed by atoms with van der Waals surface area (Å²) in [5.41, 5.74) is 0. The van der Waals surface area contributed by atoms with E-state index in [1.807, 2.05) is 79.8 Å². The first kappa shape index (κ1) is 146. The molecule has 0 aromatic rings. The molecule has 0 saturated heterocycles. The maximum atomic E-state index is 11.3. The Balaban J connectivity index is -0.000000193. The van der Waals surface area contributed by atoms with Gasteiger partial charge in [0.15, 0.2) is 0 Å². The normalized spacial score (nSPS) is 11.6. The van der Waals surface area contributed by atoms with E-state index in [1.165, 1.54) is 83.3 Å². The van der Waals surface area contributed by atoms with Gasteiger partial charge < -0.3 is 83.0 Å². The number of esters is 9. The smallest absolute Gasteiger partial charge is 0.384 e. The van der Waals surface area contributed by atoms with Crippen molar-refractivity contribution >= 4 is 53.7 Å². The number of nitrogens with zero attached hydrogens (tertiary/aromatic N) is 9. The number of hydrogen-bond acceptors (Lipinski definition) is 18. The van der Waals surface area contributed by atoms with Crippen molar-refractivity contribution in [2.45, 2.75) is 257 Å². The Bertz CT molecular complexity index is 3520. The summed E-state index contributed by atoms with van der Waals surface area (Å²) in [6.45, 7) is 89.9. The summed E-state index contributed by atoms with van der Waals surface area (Å²) in [5.74, 6) is 18.4. The maximum Gasteiger partial charge on any atom is 0.384 e. The molecule has 0 aliphatic carbocycles. The molecule has 0 spiro atoms. The molecule has 0 heterocycles. The average molecular weight is 1940 g/mol. The van der Waals surface area contributed by atoms with Crippen molar-refractivity contribution in [1.29, 1.82) is 0 Å². The molecule has 0 bridgehead atoms. The molecule has 0 rings (SSSR count). The van der Waals surface area contributed by atoms with E-state index in [1.54, 1.807) is 32.9 Å². The summed E-state index contributed by atoms with van der Waals surface area (Å²) < 4.78 is 53.6. The van der Waals surface area contributed by atoms with Crippen LogP contribution in [0.3, 0.4) is 0 Å². The zero-order valence-corrected chi connectivity index (χ0v) is 93.6. The topological polar surface area (TPSA) is 237 Å².